The average molecular weight is 178 g/mol. The Bertz CT molecular complexity index is 200. The van der Waals surface area contributed by atoms with E-state index < -0.39 is 11.4 Å². The minimum Gasteiger partial charge on any atom is -0.303 e. The minimum atomic E-state index is -0.532. The van der Waals surface area contributed by atoms with E-state index in [-0.39, 0.29) is 0 Å². The number of carbonyl (C=O) groups excluding carboxylic acids is 1. The maximum Gasteiger partial charge on any atom is 0.138 e. The van der Waals surface area contributed by atoms with Crippen molar-refractivity contribution in [3.05, 3.63) is 11.1 Å². The molecule has 1 aliphatic rings. The third kappa shape index (κ3) is 1.39. The molecule has 0 bridgehead atoms. The second-order valence-corrected chi connectivity index (χ2v) is 2.77. The van der Waals surface area contributed by atoms with Crippen molar-refractivity contribution in [2.24, 2.45) is 10.9 Å². The summed E-state index contributed by atoms with van der Waals surface area (Å²) in [5.41, 5.74) is -0.532. The van der Waals surface area contributed by atoms with Gasteiger partial charge in [-0.2, -0.15) is 0 Å². The van der Waals surface area contributed by atoms with Gasteiger partial charge >= 0.3 is 0 Å². The predicted molar refractivity (Wildman–Crippen MR) is 41.6 cm³/mol. The Morgan fingerprint density at radius 1 is 1.70 bits per heavy atom. The Kier molecular flexibility index (Phi) is 2.46. The van der Waals surface area contributed by atoms with Crippen LogP contribution in [0.25, 0.3) is 0 Å². The quantitative estimate of drug-likeness (QED) is 0.340. The maximum atomic E-state index is 10.3. The molecule has 2 nitrogen and oxygen atoms in total. The normalized spacial score (nSPS) is 31.6. The van der Waals surface area contributed by atoms with E-state index in [9.17, 15) is 4.79 Å². The summed E-state index contributed by atoms with van der Waals surface area (Å²) in [4.78, 5) is 14.1. The first-order valence-corrected chi connectivity index (χ1v) is 3.55. The molecule has 10 heavy (non-hydrogen) atoms. The highest BCUT2D eigenvalue weighted by Crippen LogP contribution is 2.24. The van der Waals surface area contributed by atoms with Gasteiger partial charge in [-0.05, 0) is 6.08 Å². The lowest BCUT2D eigenvalue weighted by molar-refractivity contribution is -0.110. The largest absolute Gasteiger partial charge is 0.303 e. The molecule has 1 heterocycles. The van der Waals surface area contributed by atoms with E-state index in [4.69, 9.17) is 23.2 Å². The van der Waals surface area contributed by atoms with Crippen LogP contribution in [0.2, 0.25) is 0 Å². The van der Waals surface area contributed by atoms with E-state index in [1.807, 2.05) is 0 Å². The highest BCUT2D eigenvalue weighted by Gasteiger charge is 2.22. The third-order valence-corrected chi connectivity index (χ3v) is 1.99. The van der Waals surface area contributed by atoms with Gasteiger partial charge in [-0.15, -0.1) is 0 Å². The van der Waals surface area contributed by atoms with Crippen LogP contribution in [0.1, 0.15) is 0 Å². The number of alkyl halides is 1. The molecule has 2 unspecified atom stereocenters. The number of allylic oxidation sites excluding steroid dienone is 1. The highest BCUT2D eigenvalue weighted by molar-refractivity contribution is 6.34. The number of hydrogen-bond acceptors (Lipinski definition) is 2. The summed E-state index contributed by atoms with van der Waals surface area (Å²) in [6.07, 6.45) is 3.77. The van der Waals surface area contributed by atoms with Crippen LogP contribution in [0.4, 0.5) is 0 Å². The van der Waals surface area contributed by atoms with Crippen molar-refractivity contribution in [2.45, 2.75) is 5.50 Å². The Hall–Kier alpha value is -0.340. The molecule has 4 heteroatoms. The molecule has 0 aromatic carbocycles. The summed E-state index contributed by atoms with van der Waals surface area (Å²) in [7, 11) is 0. The fraction of sp³-hybridized carbons (Fsp3) is 0.333. The fourth-order valence-corrected chi connectivity index (χ4v) is 1.21. The SMILES string of the molecule is O=CC1C(Cl)=CC=NC1Cl. The lowest BCUT2D eigenvalue weighted by atomic mass is 10.1. The standard InChI is InChI=1S/C6H5Cl2NO/c7-5-1-2-9-6(8)4(5)3-10/h1-4,6H. The summed E-state index contributed by atoms with van der Waals surface area (Å²) in [5, 5.41) is 0.449. The second-order valence-electron chi connectivity index (χ2n) is 1.88. The molecular weight excluding hydrogens is 173 g/mol. The fourth-order valence-electron chi connectivity index (χ4n) is 0.662. The van der Waals surface area contributed by atoms with Crippen LogP contribution in [-0.4, -0.2) is 18.0 Å². The van der Waals surface area contributed by atoms with Gasteiger partial charge in [0.1, 0.15) is 11.8 Å². The van der Waals surface area contributed by atoms with Crippen molar-refractivity contribution in [3.63, 3.8) is 0 Å². The molecule has 0 radical (unpaired) electrons. The zero-order valence-electron chi connectivity index (χ0n) is 5.00. The first-order chi connectivity index (χ1) is 4.75. The van der Waals surface area contributed by atoms with E-state index in [0.717, 1.165) is 0 Å². The van der Waals surface area contributed by atoms with Crippen LogP contribution in [0.15, 0.2) is 16.1 Å². The molecule has 0 aromatic heterocycles. The van der Waals surface area contributed by atoms with Crippen molar-refractivity contribution in [2.75, 3.05) is 0 Å². The van der Waals surface area contributed by atoms with Crippen LogP contribution in [0.5, 0.6) is 0 Å². The molecule has 0 amide bonds. The van der Waals surface area contributed by atoms with E-state index >= 15 is 0 Å². The Morgan fingerprint density at radius 2 is 2.40 bits per heavy atom. The number of halogens is 2. The number of aliphatic imine (C=N–C) groups is 1. The monoisotopic (exact) mass is 177 g/mol. The van der Waals surface area contributed by atoms with Gasteiger partial charge in [0, 0.05) is 11.2 Å². The summed E-state index contributed by atoms with van der Waals surface area (Å²) >= 11 is 11.3. The summed E-state index contributed by atoms with van der Waals surface area (Å²) in [5.74, 6) is -0.465. The summed E-state index contributed by atoms with van der Waals surface area (Å²) < 4.78 is 0. The van der Waals surface area contributed by atoms with Crippen molar-refractivity contribution >= 4 is 35.7 Å². The molecule has 0 fully saturated rings. The molecule has 1 aliphatic heterocycles. The van der Waals surface area contributed by atoms with Gasteiger partial charge < -0.3 is 4.79 Å². The van der Waals surface area contributed by atoms with Gasteiger partial charge in [0.2, 0.25) is 0 Å². The molecule has 54 valence electrons. The van der Waals surface area contributed by atoms with Crippen molar-refractivity contribution < 1.29 is 4.79 Å². The summed E-state index contributed by atoms with van der Waals surface area (Å²) in [6.45, 7) is 0. The molecule has 0 spiro atoms. The Labute approximate surface area is 68.5 Å². The average Bonchev–Trinajstić information content (AvgIpc) is 1.88. The topological polar surface area (TPSA) is 29.4 Å². The zero-order chi connectivity index (χ0) is 7.56. The van der Waals surface area contributed by atoms with Crippen molar-refractivity contribution in [1.29, 1.82) is 0 Å². The maximum absolute atomic E-state index is 10.3. The number of dihydropyridines is 1. The van der Waals surface area contributed by atoms with Crippen LogP contribution >= 0.6 is 23.2 Å². The van der Waals surface area contributed by atoms with E-state index in [1.165, 1.54) is 6.21 Å². The first kappa shape index (κ1) is 7.76. The van der Waals surface area contributed by atoms with Crippen LogP contribution in [-0.2, 0) is 4.79 Å². The smallest absolute Gasteiger partial charge is 0.138 e. The van der Waals surface area contributed by atoms with E-state index in [0.29, 0.717) is 11.3 Å². The van der Waals surface area contributed by atoms with Crippen LogP contribution in [0.3, 0.4) is 0 Å². The molecule has 0 aromatic rings. The molecule has 1 rings (SSSR count). The second kappa shape index (κ2) is 3.17. The number of rotatable bonds is 1. The molecular formula is C6H5Cl2NO. The van der Waals surface area contributed by atoms with Gasteiger partial charge in [-0.25, -0.2) is 0 Å². The molecule has 2 atom stereocenters. The number of carbonyl (C=O) groups is 1. The Balaban J connectivity index is 2.80. The van der Waals surface area contributed by atoms with Gasteiger partial charge in [0.15, 0.2) is 0 Å². The summed E-state index contributed by atoms with van der Waals surface area (Å²) in [6, 6.07) is 0. The van der Waals surface area contributed by atoms with Crippen LogP contribution < -0.4 is 0 Å². The van der Waals surface area contributed by atoms with Gasteiger partial charge in [-0.1, -0.05) is 23.2 Å². The van der Waals surface area contributed by atoms with Crippen LogP contribution in [0, 0.1) is 5.92 Å². The molecule has 0 saturated heterocycles. The number of hydrogen-bond donors (Lipinski definition) is 0. The van der Waals surface area contributed by atoms with E-state index in [2.05, 4.69) is 4.99 Å². The predicted octanol–water partition coefficient (Wildman–Crippen LogP) is 1.57. The molecule has 0 aliphatic carbocycles. The van der Waals surface area contributed by atoms with Crippen molar-refractivity contribution in [3.8, 4) is 0 Å². The molecule has 0 saturated carbocycles. The van der Waals surface area contributed by atoms with E-state index in [1.54, 1.807) is 6.08 Å². The zero-order valence-corrected chi connectivity index (χ0v) is 6.51. The van der Waals surface area contributed by atoms with Gasteiger partial charge in [0.05, 0.1) is 5.92 Å². The Morgan fingerprint density at radius 3 is 2.80 bits per heavy atom. The van der Waals surface area contributed by atoms with Crippen molar-refractivity contribution in [1.82, 2.24) is 0 Å². The number of nitrogens with zero attached hydrogens (tertiary/aromatic N) is 1. The molecule has 0 N–H and O–H groups in total. The third-order valence-electron chi connectivity index (χ3n) is 1.22. The van der Waals surface area contributed by atoms with Gasteiger partial charge in [0.25, 0.3) is 0 Å². The lowest BCUT2D eigenvalue weighted by Crippen LogP contribution is -2.17. The van der Waals surface area contributed by atoms with Gasteiger partial charge in [-0.3, -0.25) is 4.99 Å². The minimum absolute atomic E-state index is 0.449. The lowest BCUT2D eigenvalue weighted by Gasteiger charge is -2.14. The first-order valence-electron chi connectivity index (χ1n) is 2.74. The number of aldehydes is 1. The highest BCUT2D eigenvalue weighted by atomic mass is 35.5.